The molecule has 15 heteroatoms. The Balaban J connectivity index is 1.38. The standard InChI is InChI=1S/C41H63BN2O12/c1-36(2,3)52-32(45)30-27(50-26-21-44(22-26)23-40(12,33(46)49-14)43-34(47)53-37(4,5)6)16-15-24(31(30)51-35(48)54-38(7,8)9)17-18-42-55-29-20-25-19-28(39(25,10)11)41(29,13)56-42/h15-16,25-26,28-29H,17-23H2,1-14H3,(H,43,47)/t25-,28-,29+,40?,41-/m0/s1. The summed E-state index contributed by atoms with van der Waals surface area (Å²) in [5.74, 6) is -0.225. The Kier molecular flexibility index (Phi) is 11.9. The molecule has 2 heterocycles. The number of ether oxygens (including phenoxy) is 6. The number of nitrogens with zero attached hydrogens (tertiary/aromatic N) is 1. The van der Waals surface area contributed by atoms with Crippen LogP contribution < -0.4 is 14.8 Å². The predicted octanol–water partition coefficient (Wildman–Crippen LogP) is 6.75. The van der Waals surface area contributed by atoms with Crippen LogP contribution in [0.15, 0.2) is 12.1 Å². The third kappa shape index (κ3) is 9.75. The first-order chi connectivity index (χ1) is 25.6. The fourth-order valence-corrected chi connectivity index (χ4v) is 8.51. The number of amides is 1. The van der Waals surface area contributed by atoms with Gasteiger partial charge in [0.2, 0.25) is 0 Å². The topological polar surface area (TPSA) is 157 Å². The quantitative estimate of drug-likeness (QED) is 0.109. The van der Waals surface area contributed by atoms with E-state index >= 15 is 0 Å². The van der Waals surface area contributed by atoms with Gasteiger partial charge in [-0.3, -0.25) is 4.90 Å². The van der Waals surface area contributed by atoms with Crippen LogP contribution in [0.2, 0.25) is 6.32 Å². The Morgan fingerprint density at radius 2 is 1.52 bits per heavy atom. The molecule has 6 rings (SSSR count). The zero-order valence-electron chi connectivity index (χ0n) is 35.8. The fourth-order valence-electron chi connectivity index (χ4n) is 8.51. The molecule has 3 aliphatic carbocycles. The van der Waals surface area contributed by atoms with E-state index in [1.54, 1.807) is 81.4 Å². The van der Waals surface area contributed by atoms with Crippen molar-refractivity contribution in [2.75, 3.05) is 26.7 Å². The number of alkyl carbamates (subject to hydrolysis) is 1. The lowest BCUT2D eigenvalue weighted by atomic mass is 9.43. The monoisotopic (exact) mass is 786 g/mol. The van der Waals surface area contributed by atoms with Crippen molar-refractivity contribution in [3.63, 3.8) is 0 Å². The number of carbonyl (C=O) groups is 4. The average Bonchev–Trinajstić information content (AvgIpc) is 3.36. The highest BCUT2D eigenvalue weighted by atomic mass is 16.7. The lowest BCUT2D eigenvalue weighted by Gasteiger charge is -2.64. The number of carbonyl (C=O) groups excluding carboxylic acids is 4. The summed E-state index contributed by atoms with van der Waals surface area (Å²) < 4.78 is 47.3. The minimum absolute atomic E-state index is 0.00970. The van der Waals surface area contributed by atoms with Gasteiger partial charge in [-0.05, 0) is 131 Å². The summed E-state index contributed by atoms with van der Waals surface area (Å²) in [6.07, 6.45) is 0.747. The van der Waals surface area contributed by atoms with Gasteiger partial charge in [0.05, 0.1) is 18.8 Å². The van der Waals surface area contributed by atoms with E-state index in [0.717, 1.165) is 12.8 Å². The number of benzene rings is 1. The summed E-state index contributed by atoms with van der Waals surface area (Å²) >= 11 is 0. The minimum atomic E-state index is -1.42. The maximum atomic E-state index is 14.0. The van der Waals surface area contributed by atoms with Crippen LogP contribution in [-0.2, 0) is 39.5 Å². The molecule has 1 unspecified atom stereocenters. The lowest BCUT2D eigenvalue weighted by molar-refractivity contribution is -0.199. The minimum Gasteiger partial charge on any atom is -0.487 e. The molecule has 3 saturated carbocycles. The number of aryl methyl sites for hydroxylation is 1. The van der Waals surface area contributed by atoms with Crippen molar-refractivity contribution in [3.05, 3.63) is 23.3 Å². The molecule has 2 saturated heterocycles. The Hall–Kier alpha value is -3.56. The van der Waals surface area contributed by atoms with E-state index in [2.05, 4.69) is 26.1 Å². The second-order valence-corrected chi connectivity index (χ2v) is 19.8. The van der Waals surface area contributed by atoms with Gasteiger partial charge in [0.25, 0.3) is 0 Å². The van der Waals surface area contributed by atoms with Crippen molar-refractivity contribution in [1.82, 2.24) is 10.2 Å². The van der Waals surface area contributed by atoms with Gasteiger partial charge < -0.3 is 43.0 Å². The first-order valence-electron chi connectivity index (χ1n) is 19.7. The van der Waals surface area contributed by atoms with E-state index in [9.17, 15) is 19.2 Å². The molecule has 2 aliphatic heterocycles. The normalized spacial score (nSPS) is 25.8. The number of methoxy groups -OCH3 is 1. The second kappa shape index (κ2) is 15.3. The van der Waals surface area contributed by atoms with Crippen molar-refractivity contribution in [1.29, 1.82) is 0 Å². The summed E-state index contributed by atoms with van der Waals surface area (Å²) in [6, 6.07) is 3.44. The average molecular weight is 787 g/mol. The highest BCUT2D eigenvalue weighted by molar-refractivity contribution is 6.45. The van der Waals surface area contributed by atoms with E-state index < -0.39 is 59.8 Å². The molecule has 0 radical (unpaired) electrons. The summed E-state index contributed by atoms with van der Waals surface area (Å²) in [5, 5.41) is 2.66. The Bertz CT molecular complexity index is 1670. The van der Waals surface area contributed by atoms with Gasteiger partial charge >= 0.3 is 31.3 Å². The maximum absolute atomic E-state index is 14.0. The van der Waals surface area contributed by atoms with E-state index in [4.69, 9.17) is 37.7 Å². The molecule has 5 atom stereocenters. The number of hydrogen-bond acceptors (Lipinski definition) is 13. The van der Waals surface area contributed by atoms with Crippen molar-refractivity contribution in [2.24, 2.45) is 17.3 Å². The SMILES string of the molecule is COC(=O)C(C)(CN1CC(Oc2ccc(CCB3O[C@@H]4C[C@@H]5C[C@@H](C5(C)C)[C@]4(C)O3)c(OC(=O)OC(C)(C)C)c2C(=O)OC(C)(C)C)C1)NC(=O)OC(C)(C)C. The van der Waals surface area contributed by atoms with Crippen LogP contribution in [0.5, 0.6) is 11.5 Å². The maximum Gasteiger partial charge on any atom is 0.514 e. The van der Waals surface area contributed by atoms with E-state index in [1.807, 2.05) is 4.90 Å². The Labute approximate surface area is 332 Å². The zero-order chi connectivity index (χ0) is 41.8. The van der Waals surface area contributed by atoms with Crippen molar-refractivity contribution >= 4 is 31.3 Å². The number of hydrogen-bond donors (Lipinski definition) is 1. The molecule has 14 nitrogen and oxygen atoms in total. The molecule has 2 bridgehead atoms. The largest absolute Gasteiger partial charge is 0.514 e. The molecule has 312 valence electrons. The molecule has 0 spiro atoms. The molecule has 5 aliphatic rings. The van der Waals surface area contributed by atoms with Gasteiger partial charge in [-0.25, -0.2) is 19.2 Å². The third-order valence-electron chi connectivity index (χ3n) is 11.2. The molecule has 1 aromatic carbocycles. The number of esters is 2. The van der Waals surface area contributed by atoms with Crippen LogP contribution in [0, 0.1) is 17.3 Å². The van der Waals surface area contributed by atoms with Gasteiger partial charge in [-0.1, -0.05) is 19.9 Å². The lowest BCUT2D eigenvalue weighted by Crippen LogP contribution is -2.65. The molecular weight excluding hydrogens is 723 g/mol. The van der Waals surface area contributed by atoms with Gasteiger partial charge in [0.1, 0.15) is 34.2 Å². The Morgan fingerprint density at radius 3 is 2.09 bits per heavy atom. The molecule has 1 amide bonds. The van der Waals surface area contributed by atoms with Crippen LogP contribution in [0.4, 0.5) is 9.59 Å². The third-order valence-corrected chi connectivity index (χ3v) is 11.2. The van der Waals surface area contributed by atoms with Crippen LogP contribution in [0.1, 0.15) is 119 Å². The van der Waals surface area contributed by atoms with Crippen molar-refractivity contribution < 1.29 is 56.9 Å². The highest BCUT2D eigenvalue weighted by Crippen LogP contribution is 2.65. The van der Waals surface area contributed by atoms with Gasteiger partial charge in [0.15, 0.2) is 11.3 Å². The van der Waals surface area contributed by atoms with Crippen molar-refractivity contribution in [3.8, 4) is 11.5 Å². The summed E-state index contributed by atoms with van der Waals surface area (Å²) in [4.78, 5) is 54.7. The highest BCUT2D eigenvalue weighted by Gasteiger charge is 2.67. The smallest absolute Gasteiger partial charge is 0.487 e. The van der Waals surface area contributed by atoms with E-state index in [0.29, 0.717) is 43.2 Å². The number of likely N-dealkylation sites (tertiary alicyclic amines) is 1. The van der Waals surface area contributed by atoms with E-state index in [-0.39, 0.29) is 40.7 Å². The molecule has 5 fully saturated rings. The number of nitrogens with one attached hydrogen (secondary N) is 1. The fraction of sp³-hybridized carbons (Fsp3) is 0.756. The van der Waals surface area contributed by atoms with Crippen LogP contribution in [0.3, 0.4) is 0 Å². The summed E-state index contributed by atoms with van der Waals surface area (Å²) in [5.41, 5.74) is -3.61. The number of rotatable bonds is 11. The Morgan fingerprint density at radius 1 is 0.893 bits per heavy atom. The summed E-state index contributed by atoms with van der Waals surface area (Å²) in [6.45, 7) is 24.8. The van der Waals surface area contributed by atoms with Crippen LogP contribution >= 0.6 is 0 Å². The second-order valence-electron chi connectivity index (χ2n) is 19.8. The molecule has 1 N–H and O–H groups in total. The predicted molar refractivity (Wildman–Crippen MR) is 208 cm³/mol. The van der Waals surface area contributed by atoms with Crippen LogP contribution in [-0.4, -0.2) is 103 Å². The first kappa shape index (κ1) is 43.6. The van der Waals surface area contributed by atoms with Crippen molar-refractivity contribution in [2.45, 2.75) is 156 Å². The molecule has 56 heavy (non-hydrogen) atoms. The van der Waals surface area contributed by atoms with Crippen LogP contribution in [0.25, 0.3) is 0 Å². The molecule has 1 aromatic rings. The van der Waals surface area contributed by atoms with Gasteiger partial charge in [0, 0.05) is 19.6 Å². The van der Waals surface area contributed by atoms with Gasteiger partial charge in [-0.15, -0.1) is 0 Å². The molecular formula is C41H63BN2O12. The van der Waals surface area contributed by atoms with Gasteiger partial charge in [-0.2, -0.15) is 0 Å². The molecule has 0 aromatic heterocycles. The summed E-state index contributed by atoms with van der Waals surface area (Å²) in [7, 11) is 0.776. The van der Waals surface area contributed by atoms with E-state index in [1.165, 1.54) is 7.11 Å². The zero-order valence-corrected chi connectivity index (χ0v) is 35.8. The first-order valence-corrected chi connectivity index (χ1v) is 19.7.